The molecule has 2 N–H and O–H groups in total. The summed E-state index contributed by atoms with van der Waals surface area (Å²) in [6, 6.07) is -0.0804. The number of nitrogens with zero attached hydrogens (tertiary/aromatic N) is 1. The molecule has 112 valence electrons. The monoisotopic (exact) mass is 270 g/mol. The molecular formula is C15H30N2O2. The molecule has 4 heteroatoms. The Morgan fingerprint density at radius 2 is 2.16 bits per heavy atom. The van der Waals surface area contributed by atoms with E-state index in [2.05, 4.69) is 17.1 Å². The third kappa shape index (κ3) is 5.49. The summed E-state index contributed by atoms with van der Waals surface area (Å²) >= 11 is 0. The number of piperidine rings is 1. The summed E-state index contributed by atoms with van der Waals surface area (Å²) in [6.07, 6.45) is 5.27. The third-order valence-electron chi connectivity index (χ3n) is 4.18. The van der Waals surface area contributed by atoms with Crippen LogP contribution in [0.5, 0.6) is 0 Å². The van der Waals surface area contributed by atoms with Crippen LogP contribution in [-0.2, 0) is 4.79 Å². The van der Waals surface area contributed by atoms with Gasteiger partial charge >= 0.3 is 0 Å². The SMILES string of the molecule is CCCCCNC(=O)C(C)N1CCCC(C(C)O)C1. The van der Waals surface area contributed by atoms with Crippen LogP contribution in [-0.4, -0.2) is 47.7 Å². The van der Waals surface area contributed by atoms with Gasteiger partial charge in [-0.2, -0.15) is 0 Å². The molecule has 1 aliphatic rings. The standard InChI is InChI=1S/C15H30N2O2/c1-4-5-6-9-16-15(19)12(2)17-10-7-8-14(11-17)13(3)18/h12-14,18H,4-11H2,1-3H3,(H,16,19). The number of hydrogen-bond donors (Lipinski definition) is 2. The van der Waals surface area contributed by atoms with Crippen LogP contribution in [0.15, 0.2) is 0 Å². The van der Waals surface area contributed by atoms with E-state index in [1.54, 1.807) is 0 Å². The molecule has 3 atom stereocenters. The fraction of sp³-hybridized carbons (Fsp3) is 0.933. The normalized spacial score (nSPS) is 23.9. The largest absolute Gasteiger partial charge is 0.393 e. The maximum absolute atomic E-state index is 12.1. The molecule has 1 aliphatic heterocycles. The van der Waals surface area contributed by atoms with Crippen LogP contribution in [0, 0.1) is 5.92 Å². The Morgan fingerprint density at radius 1 is 1.42 bits per heavy atom. The second-order valence-electron chi connectivity index (χ2n) is 5.81. The first-order valence-electron chi connectivity index (χ1n) is 7.76. The van der Waals surface area contributed by atoms with Crippen LogP contribution in [0.25, 0.3) is 0 Å². The molecule has 1 saturated heterocycles. The van der Waals surface area contributed by atoms with Crippen molar-refractivity contribution in [3.8, 4) is 0 Å². The van der Waals surface area contributed by atoms with E-state index in [1.807, 2.05) is 13.8 Å². The maximum atomic E-state index is 12.1. The predicted octanol–water partition coefficient (Wildman–Crippen LogP) is 1.77. The molecule has 0 radical (unpaired) electrons. The Labute approximate surface area is 117 Å². The Hall–Kier alpha value is -0.610. The van der Waals surface area contributed by atoms with Crippen LogP contribution in [0.4, 0.5) is 0 Å². The molecule has 1 amide bonds. The van der Waals surface area contributed by atoms with Gasteiger partial charge in [-0.15, -0.1) is 0 Å². The number of nitrogens with one attached hydrogen (secondary N) is 1. The lowest BCUT2D eigenvalue weighted by atomic mass is 9.92. The number of carbonyl (C=O) groups is 1. The van der Waals surface area contributed by atoms with Crippen molar-refractivity contribution < 1.29 is 9.90 Å². The molecule has 0 saturated carbocycles. The topological polar surface area (TPSA) is 52.6 Å². The lowest BCUT2D eigenvalue weighted by Gasteiger charge is -2.37. The molecule has 0 aromatic rings. The highest BCUT2D eigenvalue weighted by molar-refractivity contribution is 5.81. The van der Waals surface area contributed by atoms with Crippen LogP contribution >= 0.6 is 0 Å². The van der Waals surface area contributed by atoms with Crippen molar-refractivity contribution >= 4 is 5.91 Å². The number of unbranched alkanes of at least 4 members (excludes halogenated alkanes) is 2. The minimum absolute atomic E-state index is 0.0804. The molecule has 0 aromatic carbocycles. The van der Waals surface area contributed by atoms with Gasteiger partial charge in [0.25, 0.3) is 0 Å². The van der Waals surface area contributed by atoms with Gasteiger partial charge in [-0.05, 0) is 45.6 Å². The summed E-state index contributed by atoms with van der Waals surface area (Å²) in [5.41, 5.74) is 0. The average Bonchev–Trinajstić information content (AvgIpc) is 2.42. The van der Waals surface area contributed by atoms with Crippen molar-refractivity contribution in [2.24, 2.45) is 5.92 Å². The lowest BCUT2D eigenvalue weighted by Crippen LogP contribution is -2.50. The number of aliphatic hydroxyl groups excluding tert-OH is 1. The average molecular weight is 270 g/mol. The zero-order valence-corrected chi connectivity index (χ0v) is 12.7. The number of amides is 1. The van der Waals surface area contributed by atoms with Crippen molar-refractivity contribution in [1.29, 1.82) is 0 Å². The molecule has 1 heterocycles. The first-order valence-corrected chi connectivity index (χ1v) is 7.76. The summed E-state index contributed by atoms with van der Waals surface area (Å²) < 4.78 is 0. The highest BCUT2D eigenvalue weighted by atomic mass is 16.3. The van der Waals surface area contributed by atoms with Crippen LogP contribution in [0.2, 0.25) is 0 Å². The predicted molar refractivity (Wildman–Crippen MR) is 78.0 cm³/mol. The fourth-order valence-electron chi connectivity index (χ4n) is 2.69. The highest BCUT2D eigenvalue weighted by Crippen LogP contribution is 2.21. The maximum Gasteiger partial charge on any atom is 0.237 e. The van der Waals surface area contributed by atoms with Crippen molar-refractivity contribution in [3.63, 3.8) is 0 Å². The van der Waals surface area contributed by atoms with Gasteiger partial charge in [-0.25, -0.2) is 0 Å². The van der Waals surface area contributed by atoms with Crippen LogP contribution < -0.4 is 5.32 Å². The summed E-state index contributed by atoms with van der Waals surface area (Å²) in [7, 11) is 0. The van der Waals surface area contributed by atoms with E-state index in [1.165, 1.54) is 12.8 Å². The Balaban J connectivity index is 2.34. The summed E-state index contributed by atoms with van der Waals surface area (Å²) in [5, 5.41) is 12.7. The smallest absolute Gasteiger partial charge is 0.237 e. The number of aliphatic hydroxyl groups is 1. The van der Waals surface area contributed by atoms with Crippen molar-refractivity contribution in [2.45, 2.75) is 65.0 Å². The molecule has 0 spiro atoms. The summed E-state index contributed by atoms with van der Waals surface area (Å²) in [6.45, 7) is 8.57. The highest BCUT2D eigenvalue weighted by Gasteiger charge is 2.29. The molecule has 3 unspecified atom stereocenters. The van der Waals surface area contributed by atoms with E-state index >= 15 is 0 Å². The van der Waals surface area contributed by atoms with Crippen molar-refractivity contribution in [3.05, 3.63) is 0 Å². The van der Waals surface area contributed by atoms with Crippen LogP contribution in [0.3, 0.4) is 0 Å². The second-order valence-corrected chi connectivity index (χ2v) is 5.81. The molecule has 1 rings (SSSR count). The lowest BCUT2D eigenvalue weighted by molar-refractivity contribution is -0.127. The van der Waals surface area contributed by atoms with Crippen molar-refractivity contribution in [1.82, 2.24) is 10.2 Å². The molecule has 0 bridgehead atoms. The Morgan fingerprint density at radius 3 is 2.79 bits per heavy atom. The molecule has 4 nitrogen and oxygen atoms in total. The zero-order chi connectivity index (χ0) is 14.3. The van der Waals surface area contributed by atoms with Gasteiger partial charge in [-0.1, -0.05) is 19.8 Å². The van der Waals surface area contributed by atoms with Crippen molar-refractivity contribution in [2.75, 3.05) is 19.6 Å². The minimum Gasteiger partial charge on any atom is -0.393 e. The number of likely N-dealkylation sites (tertiary alicyclic amines) is 1. The molecule has 0 aliphatic carbocycles. The van der Waals surface area contributed by atoms with Gasteiger partial charge in [0.15, 0.2) is 0 Å². The molecule has 19 heavy (non-hydrogen) atoms. The fourth-order valence-corrected chi connectivity index (χ4v) is 2.69. The zero-order valence-electron chi connectivity index (χ0n) is 12.7. The van der Waals surface area contributed by atoms with E-state index in [9.17, 15) is 9.90 Å². The molecule has 0 aromatic heterocycles. The van der Waals surface area contributed by atoms with E-state index in [0.29, 0.717) is 5.92 Å². The van der Waals surface area contributed by atoms with E-state index in [-0.39, 0.29) is 18.1 Å². The number of rotatable bonds is 7. The minimum atomic E-state index is -0.275. The summed E-state index contributed by atoms with van der Waals surface area (Å²) in [5.74, 6) is 0.437. The Bertz CT molecular complexity index is 269. The van der Waals surface area contributed by atoms with Gasteiger partial charge in [-0.3, -0.25) is 9.69 Å². The van der Waals surface area contributed by atoms with Crippen LogP contribution in [0.1, 0.15) is 52.9 Å². The van der Waals surface area contributed by atoms with E-state index in [4.69, 9.17) is 0 Å². The van der Waals surface area contributed by atoms with Gasteiger partial charge in [0.05, 0.1) is 12.1 Å². The number of hydrogen-bond acceptors (Lipinski definition) is 3. The van der Waals surface area contributed by atoms with Gasteiger partial charge in [0.1, 0.15) is 0 Å². The summed E-state index contributed by atoms with van der Waals surface area (Å²) in [4.78, 5) is 14.3. The second kappa shape index (κ2) is 8.54. The third-order valence-corrected chi connectivity index (χ3v) is 4.18. The van der Waals surface area contributed by atoms with Gasteiger partial charge < -0.3 is 10.4 Å². The first-order chi connectivity index (χ1) is 9.06. The first kappa shape index (κ1) is 16.4. The number of carbonyl (C=O) groups excluding carboxylic acids is 1. The van der Waals surface area contributed by atoms with Gasteiger partial charge in [0.2, 0.25) is 5.91 Å². The quantitative estimate of drug-likeness (QED) is 0.693. The van der Waals surface area contributed by atoms with Gasteiger partial charge in [0, 0.05) is 13.1 Å². The Kier molecular flexibility index (Phi) is 7.39. The van der Waals surface area contributed by atoms with E-state index < -0.39 is 0 Å². The molecular weight excluding hydrogens is 240 g/mol. The van der Waals surface area contributed by atoms with E-state index in [0.717, 1.165) is 38.9 Å². The molecule has 1 fully saturated rings.